The zero-order valence-electron chi connectivity index (χ0n) is 17.6. The Morgan fingerprint density at radius 3 is 2.55 bits per heavy atom. The molecule has 2 aromatic carbocycles. The van der Waals surface area contributed by atoms with Gasteiger partial charge in [0.2, 0.25) is 5.91 Å². The van der Waals surface area contributed by atoms with Gasteiger partial charge in [-0.2, -0.15) is 4.68 Å². The Morgan fingerprint density at radius 2 is 1.81 bits per heavy atom. The summed E-state index contributed by atoms with van der Waals surface area (Å²) in [5.41, 5.74) is 3.15. The van der Waals surface area contributed by atoms with Gasteiger partial charge in [0.25, 0.3) is 5.56 Å². The summed E-state index contributed by atoms with van der Waals surface area (Å²) in [4.78, 5) is 27.1. The van der Waals surface area contributed by atoms with Crippen molar-refractivity contribution in [2.45, 2.75) is 26.7 Å². The summed E-state index contributed by atoms with van der Waals surface area (Å²) in [7, 11) is 0. The fraction of sp³-hybridized carbons (Fsp3) is 0.292. The fourth-order valence-electron chi connectivity index (χ4n) is 3.86. The molecule has 160 valence electrons. The van der Waals surface area contributed by atoms with Gasteiger partial charge in [-0.1, -0.05) is 18.2 Å². The smallest absolute Gasteiger partial charge is 0.271 e. The highest BCUT2D eigenvalue weighted by Gasteiger charge is 2.26. The normalized spacial score (nSPS) is 14.5. The number of benzene rings is 2. The summed E-state index contributed by atoms with van der Waals surface area (Å²) >= 11 is 0. The van der Waals surface area contributed by atoms with Gasteiger partial charge in [0, 0.05) is 30.8 Å². The topological polar surface area (TPSA) is 67.2 Å². The Bertz CT molecular complexity index is 1170. The van der Waals surface area contributed by atoms with E-state index in [1.54, 1.807) is 18.2 Å². The van der Waals surface area contributed by atoms with E-state index in [-0.39, 0.29) is 17.4 Å². The molecular formula is C24H25FN4O2. The van der Waals surface area contributed by atoms with Crippen LogP contribution < -0.4 is 15.8 Å². The number of aromatic nitrogens is 2. The number of piperidine rings is 1. The third kappa shape index (κ3) is 4.50. The van der Waals surface area contributed by atoms with E-state index in [1.165, 1.54) is 22.9 Å². The highest BCUT2D eigenvalue weighted by molar-refractivity contribution is 5.93. The van der Waals surface area contributed by atoms with Gasteiger partial charge in [0.15, 0.2) is 0 Å². The molecule has 1 aromatic heterocycles. The number of nitrogens with zero attached hydrogens (tertiary/aromatic N) is 3. The monoisotopic (exact) mass is 420 g/mol. The predicted octanol–water partition coefficient (Wildman–Crippen LogP) is 3.84. The molecule has 1 saturated heterocycles. The number of carbonyl (C=O) groups is 1. The van der Waals surface area contributed by atoms with E-state index < -0.39 is 5.82 Å². The highest BCUT2D eigenvalue weighted by atomic mass is 19.1. The highest BCUT2D eigenvalue weighted by Crippen LogP contribution is 2.24. The lowest BCUT2D eigenvalue weighted by molar-refractivity contribution is -0.120. The quantitative estimate of drug-likeness (QED) is 0.696. The minimum atomic E-state index is -0.424. The van der Waals surface area contributed by atoms with Crippen molar-refractivity contribution < 1.29 is 9.18 Å². The molecule has 31 heavy (non-hydrogen) atoms. The van der Waals surface area contributed by atoms with Crippen molar-refractivity contribution in [3.63, 3.8) is 0 Å². The van der Waals surface area contributed by atoms with Gasteiger partial charge in [-0.05, 0) is 68.1 Å². The number of aryl methyl sites for hydroxylation is 1. The minimum Gasteiger partial charge on any atom is -0.355 e. The molecule has 1 aliphatic rings. The number of nitrogens with one attached hydrogen (secondary N) is 1. The van der Waals surface area contributed by atoms with Crippen molar-refractivity contribution in [3.8, 4) is 5.69 Å². The number of amides is 1. The third-order valence-corrected chi connectivity index (χ3v) is 5.89. The van der Waals surface area contributed by atoms with Crippen LogP contribution in [0.4, 0.5) is 15.9 Å². The maximum Gasteiger partial charge on any atom is 0.271 e. The zero-order chi connectivity index (χ0) is 22.0. The van der Waals surface area contributed by atoms with Gasteiger partial charge in [-0.3, -0.25) is 9.59 Å². The van der Waals surface area contributed by atoms with Gasteiger partial charge in [0.1, 0.15) is 11.6 Å². The molecule has 1 amide bonds. The van der Waals surface area contributed by atoms with E-state index >= 15 is 0 Å². The number of hydrogen-bond acceptors (Lipinski definition) is 4. The van der Waals surface area contributed by atoms with Crippen LogP contribution in [-0.2, 0) is 4.79 Å². The number of anilines is 2. The lowest BCUT2D eigenvalue weighted by Crippen LogP contribution is -2.39. The molecule has 0 atom stereocenters. The molecule has 0 bridgehead atoms. The van der Waals surface area contributed by atoms with Crippen molar-refractivity contribution in [2.75, 3.05) is 23.3 Å². The number of halogens is 1. The Hall–Kier alpha value is -3.48. The second-order valence-corrected chi connectivity index (χ2v) is 7.92. The van der Waals surface area contributed by atoms with E-state index in [9.17, 15) is 14.0 Å². The lowest BCUT2D eigenvalue weighted by atomic mass is 9.95. The molecule has 2 heterocycles. The van der Waals surface area contributed by atoms with Gasteiger partial charge in [-0.15, -0.1) is 5.10 Å². The summed E-state index contributed by atoms with van der Waals surface area (Å²) in [5, 5.41) is 7.49. The first kappa shape index (κ1) is 20.8. The van der Waals surface area contributed by atoms with Crippen LogP contribution in [0.5, 0.6) is 0 Å². The average molecular weight is 420 g/mol. The summed E-state index contributed by atoms with van der Waals surface area (Å²) in [5.74, 6) is 0.167. The SMILES string of the molecule is Cc1cccc(NC(=O)C2CCN(c3ccc(=O)n(-c4cccc(F)c4)n3)CC2)c1C. The largest absolute Gasteiger partial charge is 0.355 e. The number of rotatable bonds is 4. The van der Waals surface area contributed by atoms with Crippen LogP contribution in [0, 0.1) is 25.6 Å². The molecular weight excluding hydrogens is 395 g/mol. The van der Waals surface area contributed by atoms with E-state index in [0.717, 1.165) is 16.8 Å². The standard InChI is InChI=1S/C24H25FN4O2/c1-16-5-3-8-21(17(16)2)26-24(31)18-11-13-28(14-12-18)22-9-10-23(30)29(27-22)20-7-4-6-19(25)15-20/h3-10,15,18H,11-14H2,1-2H3,(H,26,31). The Morgan fingerprint density at radius 1 is 1.06 bits per heavy atom. The Kier molecular flexibility index (Phi) is 5.84. The number of hydrogen-bond donors (Lipinski definition) is 1. The van der Waals surface area contributed by atoms with Crippen LogP contribution in [0.1, 0.15) is 24.0 Å². The molecule has 0 spiro atoms. The van der Waals surface area contributed by atoms with Crippen LogP contribution in [0.3, 0.4) is 0 Å². The molecule has 4 rings (SSSR count). The molecule has 1 N–H and O–H groups in total. The molecule has 3 aromatic rings. The van der Waals surface area contributed by atoms with Crippen molar-refractivity contribution in [2.24, 2.45) is 5.92 Å². The fourth-order valence-corrected chi connectivity index (χ4v) is 3.86. The van der Waals surface area contributed by atoms with E-state index in [2.05, 4.69) is 15.3 Å². The molecule has 0 unspecified atom stereocenters. The summed E-state index contributed by atoms with van der Waals surface area (Å²) in [6.07, 6.45) is 1.38. The average Bonchev–Trinajstić information content (AvgIpc) is 2.77. The van der Waals surface area contributed by atoms with E-state index in [1.807, 2.05) is 32.0 Å². The first-order chi connectivity index (χ1) is 14.9. The van der Waals surface area contributed by atoms with E-state index in [0.29, 0.717) is 37.4 Å². The molecule has 1 aliphatic heterocycles. The van der Waals surface area contributed by atoms with Crippen LogP contribution >= 0.6 is 0 Å². The Balaban J connectivity index is 1.44. The first-order valence-corrected chi connectivity index (χ1v) is 10.4. The maximum absolute atomic E-state index is 13.6. The zero-order valence-corrected chi connectivity index (χ0v) is 17.6. The van der Waals surface area contributed by atoms with Crippen molar-refractivity contribution in [1.82, 2.24) is 9.78 Å². The molecule has 1 fully saturated rings. The van der Waals surface area contributed by atoms with E-state index in [4.69, 9.17) is 0 Å². The molecule has 7 heteroatoms. The van der Waals surface area contributed by atoms with Gasteiger partial charge >= 0.3 is 0 Å². The van der Waals surface area contributed by atoms with Crippen LogP contribution in [0.15, 0.2) is 59.4 Å². The van der Waals surface area contributed by atoms with Crippen molar-refractivity contribution >= 4 is 17.4 Å². The van der Waals surface area contributed by atoms with Crippen LogP contribution in [0.2, 0.25) is 0 Å². The second-order valence-electron chi connectivity index (χ2n) is 7.92. The molecule has 6 nitrogen and oxygen atoms in total. The van der Waals surface area contributed by atoms with Gasteiger partial charge < -0.3 is 10.2 Å². The maximum atomic E-state index is 13.6. The molecule has 0 radical (unpaired) electrons. The minimum absolute atomic E-state index is 0.0334. The lowest BCUT2D eigenvalue weighted by Gasteiger charge is -2.32. The second kappa shape index (κ2) is 8.71. The van der Waals surface area contributed by atoms with Gasteiger partial charge in [-0.25, -0.2) is 4.39 Å². The first-order valence-electron chi connectivity index (χ1n) is 10.4. The van der Waals surface area contributed by atoms with Crippen molar-refractivity contribution in [3.05, 3.63) is 81.9 Å². The summed E-state index contributed by atoms with van der Waals surface area (Å²) in [6, 6.07) is 14.8. The van der Waals surface area contributed by atoms with Gasteiger partial charge in [0.05, 0.1) is 5.69 Å². The predicted molar refractivity (Wildman–Crippen MR) is 119 cm³/mol. The van der Waals surface area contributed by atoms with Crippen molar-refractivity contribution in [1.29, 1.82) is 0 Å². The van der Waals surface area contributed by atoms with Crippen LogP contribution in [-0.4, -0.2) is 28.8 Å². The summed E-state index contributed by atoms with van der Waals surface area (Å²) < 4.78 is 14.8. The Labute approximate surface area is 180 Å². The summed E-state index contributed by atoms with van der Waals surface area (Å²) in [6.45, 7) is 5.34. The molecule has 0 saturated carbocycles. The number of carbonyl (C=O) groups excluding carboxylic acids is 1. The van der Waals surface area contributed by atoms with Crippen LogP contribution in [0.25, 0.3) is 5.69 Å². The third-order valence-electron chi connectivity index (χ3n) is 5.89. The molecule has 0 aliphatic carbocycles.